The van der Waals surface area contributed by atoms with E-state index in [2.05, 4.69) is 10.1 Å². The minimum Gasteiger partial charge on any atom is -0.487 e. The average Bonchev–Trinajstić information content (AvgIpc) is 2.84. The summed E-state index contributed by atoms with van der Waals surface area (Å²) in [5.41, 5.74) is 0.560. The highest BCUT2D eigenvalue weighted by Crippen LogP contribution is 2.31. The number of nitrogens with zero attached hydrogens (tertiary/aromatic N) is 3. The van der Waals surface area contributed by atoms with E-state index < -0.39 is 18.4 Å². The molecule has 0 spiro atoms. The van der Waals surface area contributed by atoms with E-state index in [0.717, 1.165) is 5.56 Å². The normalized spacial score (nSPS) is 13.2. The SMILES string of the molecule is CC(CF)Oc1cc(Cl)ncc1-c1cnn(CC(C)(C)O)c1. The van der Waals surface area contributed by atoms with Gasteiger partial charge in [-0.2, -0.15) is 5.10 Å². The van der Waals surface area contributed by atoms with Crippen molar-refractivity contribution in [1.29, 1.82) is 0 Å². The average molecular weight is 328 g/mol. The lowest BCUT2D eigenvalue weighted by Gasteiger charge is -2.16. The van der Waals surface area contributed by atoms with Crippen LogP contribution in [0.15, 0.2) is 24.7 Å². The first-order valence-electron chi connectivity index (χ1n) is 6.92. The molecule has 1 unspecified atom stereocenters. The summed E-state index contributed by atoms with van der Waals surface area (Å²) in [6, 6.07) is 1.55. The van der Waals surface area contributed by atoms with Gasteiger partial charge in [-0.3, -0.25) is 4.68 Å². The molecular formula is C15H19ClFN3O2. The van der Waals surface area contributed by atoms with E-state index in [1.165, 1.54) is 0 Å². The number of alkyl halides is 1. The van der Waals surface area contributed by atoms with Gasteiger partial charge in [-0.15, -0.1) is 0 Å². The van der Waals surface area contributed by atoms with Gasteiger partial charge in [0.15, 0.2) is 0 Å². The summed E-state index contributed by atoms with van der Waals surface area (Å²) in [5.74, 6) is 0.452. The number of aromatic nitrogens is 3. The third kappa shape index (κ3) is 4.42. The van der Waals surface area contributed by atoms with Crippen LogP contribution in [0.4, 0.5) is 4.39 Å². The Labute approximate surface area is 133 Å². The zero-order chi connectivity index (χ0) is 16.3. The highest BCUT2D eigenvalue weighted by Gasteiger charge is 2.17. The second kappa shape index (κ2) is 6.62. The van der Waals surface area contributed by atoms with Crippen molar-refractivity contribution in [2.75, 3.05) is 6.67 Å². The molecule has 2 rings (SSSR count). The molecule has 0 bridgehead atoms. The molecule has 120 valence electrons. The first-order valence-corrected chi connectivity index (χ1v) is 7.29. The molecule has 2 aromatic heterocycles. The van der Waals surface area contributed by atoms with Gasteiger partial charge in [0, 0.05) is 29.6 Å². The maximum Gasteiger partial charge on any atom is 0.132 e. The summed E-state index contributed by atoms with van der Waals surface area (Å²) in [5, 5.41) is 14.3. The molecule has 2 heterocycles. The quantitative estimate of drug-likeness (QED) is 0.828. The van der Waals surface area contributed by atoms with E-state index in [1.54, 1.807) is 50.1 Å². The molecule has 0 aromatic carbocycles. The van der Waals surface area contributed by atoms with E-state index >= 15 is 0 Å². The van der Waals surface area contributed by atoms with Crippen LogP contribution < -0.4 is 4.74 Å². The minimum atomic E-state index is -0.871. The van der Waals surface area contributed by atoms with Gasteiger partial charge < -0.3 is 9.84 Å². The number of pyridine rings is 1. The van der Waals surface area contributed by atoms with Crippen LogP contribution in [0.2, 0.25) is 5.15 Å². The predicted octanol–water partition coefficient (Wildman–Crippen LogP) is 3.11. The molecule has 22 heavy (non-hydrogen) atoms. The molecule has 0 aliphatic carbocycles. The van der Waals surface area contributed by atoms with Gasteiger partial charge in [-0.05, 0) is 20.8 Å². The molecule has 0 amide bonds. The van der Waals surface area contributed by atoms with Crippen LogP contribution >= 0.6 is 11.6 Å². The van der Waals surface area contributed by atoms with E-state index in [4.69, 9.17) is 16.3 Å². The predicted molar refractivity (Wildman–Crippen MR) is 82.8 cm³/mol. The third-order valence-corrected chi connectivity index (χ3v) is 3.08. The zero-order valence-corrected chi connectivity index (χ0v) is 13.5. The Morgan fingerprint density at radius 1 is 1.45 bits per heavy atom. The van der Waals surface area contributed by atoms with Crippen molar-refractivity contribution in [3.05, 3.63) is 29.8 Å². The monoisotopic (exact) mass is 327 g/mol. The van der Waals surface area contributed by atoms with Crippen molar-refractivity contribution in [3.63, 3.8) is 0 Å². The van der Waals surface area contributed by atoms with Crippen molar-refractivity contribution in [2.45, 2.75) is 39.0 Å². The molecule has 0 fully saturated rings. The molecule has 7 heteroatoms. The fourth-order valence-corrected chi connectivity index (χ4v) is 2.11. The van der Waals surface area contributed by atoms with Gasteiger partial charge >= 0.3 is 0 Å². The Morgan fingerprint density at radius 3 is 2.82 bits per heavy atom. The van der Waals surface area contributed by atoms with E-state index in [0.29, 0.717) is 17.9 Å². The van der Waals surface area contributed by atoms with Gasteiger partial charge in [0.1, 0.15) is 23.7 Å². The van der Waals surface area contributed by atoms with Gasteiger partial charge in [0.05, 0.1) is 18.3 Å². The number of aliphatic hydroxyl groups is 1. The number of hydrogen-bond acceptors (Lipinski definition) is 4. The van der Waals surface area contributed by atoms with Crippen LogP contribution in [0.25, 0.3) is 11.1 Å². The Kier molecular flexibility index (Phi) is 5.03. The molecule has 0 aliphatic rings. The van der Waals surface area contributed by atoms with Gasteiger partial charge in [0.2, 0.25) is 0 Å². The largest absolute Gasteiger partial charge is 0.487 e. The summed E-state index contributed by atoms with van der Waals surface area (Å²) in [4.78, 5) is 4.04. The standard InChI is InChI=1S/C15H19ClFN3O2/c1-10(5-17)22-13-4-14(16)18-7-12(13)11-6-19-20(8-11)9-15(2,3)21/h4,6-8,10,21H,5,9H2,1-3H3. The highest BCUT2D eigenvalue weighted by molar-refractivity contribution is 6.29. The van der Waals surface area contributed by atoms with Crippen LogP contribution in [-0.2, 0) is 6.54 Å². The van der Waals surface area contributed by atoms with Crippen LogP contribution in [-0.4, -0.2) is 38.3 Å². The molecule has 0 saturated carbocycles. The lowest BCUT2D eigenvalue weighted by Crippen LogP contribution is -2.26. The minimum absolute atomic E-state index is 0.272. The number of rotatable bonds is 6. The molecule has 0 radical (unpaired) electrons. The lowest BCUT2D eigenvalue weighted by molar-refractivity contribution is 0.0577. The maximum atomic E-state index is 12.7. The van der Waals surface area contributed by atoms with E-state index in [1.807, 2.05) is 0 Å². The second-order valence-corrected chi connectivity index (χ2v) is 6.21. The first kappa shape index (κ1) is 16.7. The fourth-order valence-electron chi connectivity index (χ4n) is 1.96. The molecule has 1 N–H and O–H groups in total. The number of hydrogen-bond donors (Lipinski definition) is 1. The molecule has 1 atom stereocenters. The summed E-state index contributed by atoms with van der Waals surface area (Å²) < 4.78 is 19.9. The Morgan fingerprint density at radius 2 is 2.18 bits per heavy atom. The van der Waals surface area contributed by atoms with Crippen LogP contribution in [0.1, 0.15) is 20.8 Å². The summed E-state index contributed by atoms with van der Waals surface area (Å²) >= 11 is 5.88. The Bertz CT molecular complexity index is 640. The molecule has 0 saturated heterocycles. The Balaban J connectivity index is 2.32. The molecule has 2 aromatic rings. The fraction of sp³-hybridized carbons (Fsp3) is 0.467. The van der Waals surface area contributed by atoms with Gasteiger partial charge in [-0.25, -0.2) is 9.37 Å². The molecule has 0 aliphatic heterocycles. The van der Waals surface area contributed by atoms with Crippen molar-refractivity contribution >= 4 is 11.6 Å². The number of halogens is 2. The van der Waals surface area contributed by atoms with Crippen molar-refractivity contribution in [1.82, 2.24) is 14.8 Å². The van der Waals surface area contributed by atoms with Crippen molar-refractivity contribution in [3.8, 4) is 16.9 Å². The topological polar surface area (TPSA) is 60.2 Å². The van der Waals surface area contributed by atoms with E-state index in [-0.39, 0.29) is 5.15 Å². The first-order chi connectivity index (χ1) is 10.3. The van der Waals surface area contributed by atoms with Crippen molar-refractivity contribution in [2.24, 2.45) is 0 Å². The van der Waals surface area contributed by atoms with Crippen LogP contribution in [0, 0.1) is 0 Å². The van der Waals surface area contributed by atoms with Gasteiger partial charge in [0.25, 0.3) is 0 Å². The lowest BCUT2D eigenvalue weighted by atomic mass is 10.1. The smallest absolute Gasteiger partial charge is 0.132 e. The summed E-state index contributed by atoms with van der Waals surface area (Å²) in [6.07, 6.45) is 4.40. The number of ether oxygens (including phenoxy) is 1. The van der Waals surface area contributed by atoms with Crippen LogP contribution in [0.5, 0.6) is 5.75 Å². The van der Waals surface area contributed by atoms with Crippen molar-refractivity contribution < 1.29 is 14.2 Å². The van der Waals surface area contributed by atoms with Crippen LogP contribution in [0.3, 0.4) is 0 Å². The second-order valence-electron chi connectivity index (χ2n) is 5.82. The molecule has 5 nitrogen and oxygen atoms in total. The third-order valence-electron chi connectivity index (χ3n) is 2.87. The molecular weight excluding hydrogens is 309 g/mol. The van der Waals surface area contributed by atoms with Gasteiger partial charge in [-0.1, -0.05) is 11.6 Å². The summed E-state index contributed by atoms with van der Waals surface area (Å²) in [6.45, 7) is 4.80. The maximum absolute atomic E-state index is 12.7. The highest BCUT2D eigenvalue weighted by atomic mass is 35.5. The Hall–Kier alpha value is -1.66. The zero-order valence-electron chi connectivity index (χ0n) is 12.8. The van der Waals surface area contributed by atoms with E-state index in [9.17, 15) is 9.50 Å². The summed E-state index contributed by atoms with van der Waals surface area (Å²) in [7, 11) is 0.